The molecule has 0 rings (SSSR count). The van der Waals surface area contributed by atoms with Crippen molar-refractivity contribution in [1.82, 2.24) is 9.21 Å². The summed E-state index contributed by atoms with van der Waals surface area (Å²) < 4.78 is 46.7. The Hall–Kier alpha value is -0.180. The standard InChI is InChI=1S/C11H26N2O4S2/c1-6-13(19(5,16)17)8-7-12(11(2)3)9-10-18(4,14)15/h11H,6-10H2,1-5H3. The average Bonchev–Trinajstić information content (AvgIpc) is 2.19. The van der Waals surface area contributed by atoms with Crippen molar-refractivity contribution in [3.05, 3.63) is 0 Å². The Bertz CT molecular complexity index is 457. The number of nitrogens with zero attached hydrogens (tertiary/aromatic N) is 2. The van der Waals surface area contributed by atoms with Crippen LogP contribution in [-0.2, 0) is 19.9 Å². The van der Waals surface area contributed by atoms with E-state index in [0.29, 0.717) is 26.2 Å². The Balaban J connectivity index is 4.52. The number of rotatable bonds is 9. The molecule has 0 fully saturated rings. The van der Waals surface area contributed by atoms with Gasteiger partial charge in [-0.1, -0.05) is 6.92 Å². The largest absolute Gasteiger partial charge is 0.299 e. The zero-order valence-corrected chi connectivity index (χ0v) is 14.1. The first kappa shape index (κ1) is 18.8. The number of likely N-dealkylation sites (N-methyl/N-ethyl adjacent to an activating group) is 1. The van der Waals surface area contributed by atoms with Crippen molar-refractivity contribution in [2.24, 2.45) is 0 Å². The third kappa shape index (κ3) is 8.56. The lowest BCUT2D eigenvalue weighted by Gasteiger charge is -2.28. The molecule has 0 aliphatic rings. The normalized spacial score (nSPS) is 13.7. The van der Waals surface area contributed by atoms with Gasteiger partial charge < -0.3 is 0 Å². The molecule has 0 spiro atoms. The van der Waals surface area contributed by atoms with Gasteiger partial charge in [-0.05, 0) is 13.8 Å². The number of hydrogen-bond donors (Lipinski definition) is 0. The van der Waals surface area contributed by atoms with Crippen molar-refractivity contribution in [3.8, 4) is 0 Å². The van der Waals surface area contributed by atoms with Crippen molar-refractivity contribution < 1.29 is 16.8 Å². The zero-order valence-electron chi connectivity index (χ0n) is 12.5. The summed E-state index contributed by atoms with van der Waals surface area (Å²) in [7, 11) is -6.19. The lowest BCUT2D eigenvalue weighted by Crippen LogP contribution is -2.42. The minimum absolute atomic E-state index is 0.0934. The number of hydrogen-bond acceptors (Lipinski definition) is 5. The molecule has 6 nitrogen and oxygen atoms in total. The predicted octanol–water partition coefficient (Wildman–Crippen LogP) is 0.0229. The molecule has 0 aromatic carbocycles. The smallest absolute Gasteiger partial charge is 0.211 e. The van der Waals surface area contributed by atoms with Crippen molar-refractivity contribution in [2.75, 3.05) is 44.4 Å². The van der Waals surface area contributed by atoms with Gasteiger partial charge in [-0.2, -0.15) is 0 Å². The number of sulfonamides is 1. The first-order valence-electron chi connectivity index (χ1n) is 6.34. The van der Waals surface area contributed by atoms with E-state index in [1.54, 1.807) is 6.92 Å². The molecule has 116 valence electrons. The van der Waals surface area contributed by atoms with Gasteiger partial charge in [0, 0.05) is 38.5 Å². The van der Waals surface area contributed by atoms with Crippen LogP contribution in [0.3, 0.4) is 0 Å². The van der Waals surface area contributed by atoms with E-state index in [4.69, 9.17) is 0 Å². The average molecular weight is 314 g/mol. The summed E-state index contributed by atoms with van der Waals surface area (Å²) in [5, 5.41) is 0. The first-order valence-corrected chi connectivity index (χ1v) is 10.2. The molecule has 8 heteroatoms. The van der Waals surface area contributed by atoms with Gasteiger partial charge in [0.25, 0.3) is 0 Å². The highest BCUT2D eigenvalue weighted by Gasteiger charge is 2.18. The van der Waals surface area contributed by atoms with Gasteiger partial charge in [-0.15, -0.1) is 0 Å². The van der Waals surface area contributed by atoms with Gasteiger partial charge in [0.2, 0.25) is 10.0 Å². The molecule has 0 saturated carbocycles. The first-order chi connectivity index (χ1) is 8.47. The van der Waals surface area contributed by atoms with Crippen molar-refractivity contribution >= 4 is 19.9 Å². The summed E-state index contributed by atoms with van der Waals surface area (Å²) in [5.41, 5.74) is 0. The van der Waals surface area contributed by atoms with Crippen LogP contribution in [0.5, 0.6) is 0 Å². The van der Waals surface area contributed by atoms with Gasteiger partial charge >= 0.3 is 0 Å². The number of sulfone groups is 1. The molecule has 0 unspecified atom stereocenters. The summed E-state index contributed by atoms with van der Waals surface area (Å²) in [5.74, 6) is 0.0934. The van der Waals surface area contributed by atoms with Crippen LogP contribution in [0, 0.1) is 0 Å². The zero-order chi connectivity index (χ0) is 15.3. The maximum atomic E-state index is 11.5. The second kappa shape index (κ2) is 7.56. The maximum Gasteiger partial charge on any atom is 0.211 e. The molecule has 0 heterocycles. The van der Waals surface area contributed by atoms with Gasteiger partial charge in [0.15, 0.2) is 0 Å². The fourth-order valence-electron chi connectivity index (χ4n) is 1.71. The quantitative estimate of drug-likeness (QED) is 0.600. The molecule has 0 aliphatic carbocycles. The second-order valence-corrected chi connectivity index (χ2v) is 9.26. The lowest BCUT2D eigenvalue weighted by atomic mass is 10.3. The molecular formula is C11H26N2O4S2. The van der Waals surface area contributed by atoms with E-state index in [0.717, 1.165) is 0 Å². The summed E-state index contributed by atoms with van der Waals surface area (Å²) >= 11 is 0. The molecule has 0 bridgehead atoms. The molecule has 0 aromatic heterocycles. The SMILES string of the molecule is CCN(CCN(CCS(C)(=O)=O)C(C)C)S(C)(=O)=O. The third-order valence-corrected chi connectivity index (χ3v) is 5.24. The van der Waals surface area contributed by atoms with E-state index in [1.165, 1.54) is 16.8 Å². The van der Waals surface area contributed by atoms with E-state index >= 15 is 0 Å². The fraction of sp³-hybridized carbons (Fsp3) is 1.00. The highest BCUT2D eigenvalue weighted by Crippen LogP contribution is 2.03. The maximum absolute atomic E-state index is 11.5. The van der Waals surface area contributed by atoms with Crippen LogP contribution in [0.2, 0.25) is 0 Å². The van der Waals surface area contributed by atoms with Gasteiger partial charge in [-0.25, -0.2) is 21.1 Å². The fourth-order valence-corrected chi connectivity index (χ4v) is 3.16. The molecular weight excluding hydrogens is 288 g/mol. The topological polar surface area (TPSA) is 74.8 Å². The Kier molecular flexibility index (Phi) is 7.49. The van der Waals surface area contributed by atoms with Crippen LogP contribution in [0.25, 0.3) is 0 Å². The summed E-state index contributed by atoms with van der Waals surface area (Å²) in [4.78, 5) is 1.98. The van der Waals surface area contributed by atoms with Crippen LogP contribution < -0.4 is 0 Å². The van der Waals surface area contributed by atoms with Gasteiger partial charge in [0.05, 0.1) is 12.0 Å². The van der Waals surface area contributed by atoms with E-state index in [9.17, 15) is 16.8 Å². The lowest BCUT2D eigenvalue weighted by molar-refractivity contribution is 0.218. The van der Waals surface area contributed by atoms with Crippen LogP contribution in [-0.4, -0.2) is 76.5 Å². The van der Waals surface area contributed by atoms with Crippen LogP contribution in [0.15, 0.2) is 0 Å². The molecule has 19 heavy (non-hydrogen) atoms. The Morgan fingerprint density at radius 3 is 1.79 bits per heavy atom. The predicted molar refractivity (Wildman–Crippen MR) is 78.5 cm³/mol. The molecule has 0 aromatic rings. The summed E-state index contributed by atoms with van der Waals surface area (Å²) in [6.45, 7) is 7.51. The van der Waals surface area contributed by atoms with E-state index < -0.39 is 19.9 Å². The minimum Gasteiger partial charge on any atom is -0.299 e. The minimum atomic E-state index is -3.19. The Labute approximate surface area is 117 Å². The Morgan fingerprint density at radius 1 is 0.947 bits per heavy atom. The van der Waals surface area contributed by atoms with Crippen LogP contribution in [0.4, 0.5) is 0 Å². The molecule has 0 saturated heterocycles. The van der Waals surface area contributed by atoms with Crippen molar-refractivity contribution in [1.29, 1.82) is 0 Å². The Morgan fingerprint density at radius 2 is 1.47 bits per heavy atom. The molecule has 0 radical (unpaired) electrons. The van der Waals surface area contributed by atoms with E-state index in [2.05, 4.69) is 0 Å². The van der Waals surface area contributed by atoms with Crippen molar-refractivity contribution in [3.63, 3.8) is 0 Å². The molecule has 0 aliphatic heterocycles. The molecule has 0 atom stereocenters. The van der Waals surface area contributed by atoms with Crippen molar-refractivity contribution in [2.45, 2.75) is 26.8 Å². The highest BCUT2D eigenvalue weighted by atomic mass is 32.2. The van der Waals surface area contributed by atoms with Gasteiger partial charge in [0.1, 0.15) is 9.84 Å². The van der Waals surface area contributed by atoms with Crippen LogP contribution >= 0.6 is 0 Å². The van der Waals surface area contributed by atoms with Crippen LogP contribution in [0.1, 0.15) is 20.8 Å². The third-order valence-electron chi connectivity index (χ3n) is 2.94. The summed E-state index contributed by atoms with van der Waals surface area (Å²) in [6.07, 6.45) is 2.40. The van der Waals surface area contributed by atoms with E-state index in [-0.39, 0.29) is 11.8 Å². The van der Waals surface area contributed by atoms with Gasteiger partial charge in [-0.3, -0.25) is 4.90 Å². The second-order valence-electron chi connectivity index (χ2n) is 5.01. The monoisotopic (exact) mass is 314 g/mol. The highest BCUT2D eigenvalue weighted by molar-refractivity contribution is 7.90. The molecule has 0 N–H and O–H groups in total. The molecule has 0 amide bonds. The van der Waals surface area contributed by atoms with E-state index in [1.807, 2.05) is 18.7 Å². The summed E-state index contributed by atoms with van der Waals surface area (Å²) in [6, 6.07) is 0.181.